The predicted molar refractivity (Wildman–Crippen MR) is 67.7 cm³/mol. The van der Waals surface area contributed by atoms with Crippen molar-refractivity contribution in [3.8, 4) is 0 Å². The molecule has 0 fully saturated rings. The molecular weight excluding hydrogens is 234 g/mol. The van der Waals surface area contributed by atoms with Crippen LogP contribution in [0.2, 0.25) is 0 Å². The number of carbonyl (C=O) groups is 1. The topological polar surface area (TPSA) is 68.5 Å². The molecule has 0 unspecified atom stereocenters. The lowest BCUT2D eigenvalue weighted by atomic mass is 10.2. The second-order valence-electron chi connectivity index (χ2n) is 3.77. The fourth-order valence-electron chi connectivity index (χ4n) is 1.49. The van der Waals surface area contributed by atoms with Crippen molar-refractivity contribution < 1.29 is 13.9 Å². The molecule has 0 atom stereocenters. The molecule has 1 aromatic heterocycles. The van der Waals surface area contributed by atoms with E-state index in [-0.39, 0.29) is 0 Å². The highest BCUT2D eigenvalue weighted by molar-refractivity contribution is 5.88. The van der Waals surface area contributed by atoms with Crippen molar-refractivity contribution in [1.29, 1.82) is 0 Å². The van der Waals surface area contributed by atoms with Gasteiger partial charge in [0.2, 0.25) is 0 Å². The number of hydrogen-bond donors (Lipinski definition) is 1. The number of carbonyl (C=O) groups excluding carboxylic acids is 1. The first-order chi connectivity index (χ1) is 8.69. The van der Waals surface area contributed by atoms with E-state index in [4.69, 9.17) is 9.15 Å². The number of ether oxygens (including phenoxy) is 1. The second-order valence-corrected chi connectivity index (χ2v) is 3.77. The standard InChI is InChI=1S/C13H13NO4/c1-2-7-17-13(16)14-10-5-3-9-4-6-12(15)18-11(9)8-10/h3-6,8H,2,7H2,1H3,(H,14,16). The average molecular weight is 247 g/mol. The summed E-state index contributed by atoms with van der Waals surface area (Å²) in [5.41, 5.74) is 0.530. The van der Waals surface area contributed by atoms with Gasteiger partial charge in [0.1, 0.15) is 5.58 Å². The molecule has 1 aromatic carbocycles. The first-order valence-electron chi connectivity index (χ1n) is 5.67. The third-order valence-electron chi connectivity index (χ3n) is 2.31. The summed E-state index contributed by atoms with van der Waals surface area (Å²) >= 11 is 0. The van der Waals surface area contributed by atoms with Crippen molar-refractivity contribution in [2.24, 2.45) is 0 Å². The summed E-state index contributed by atoms with van der Waals surface area (Å²) in [6.07, 6.45) is 0.245. The normalized spacial score (nSPS) is 10.3. The molecule has 0 aliphatic carbocycles. The van der Waals surface area contributed by atoms with Crippen molar-refractivity contribution in [3.05, 3.63) is 40.8 Å². The van der Waals surface area contributed by atoms with Gasteiger partial charge in [0.25, 0.3) is 0 Å². The summed E-state index contributed by atoms with van der Waals surface area (Å²) in [6.45, 7) is 2.28. The van der Waals surface area contributed by atoms with Crippen molar-refractivity contribution in [2.45, 2.75) is 13.3 Å². The van der Waals surface area contributed by atoms with Gasteiger partial charge in [0.05, 0.1) is 6.61 Å². The van der Waals surface area contributed by atoms with Crippen LogP contribution in [0, 0.1) is 0 Å². The van der Waals surface area contributed by atoms with E-state index < -0.39 is 11.7 Å². The number of fused-ring (bicyclic) bond motifs is 1. The van der Waals surface area contributed by atoms with Gasteiger partial charge < -0.3 is 9.15 Å². The van der Waals surface area contributed by atoms with Crippen LogP contribution in [0.3, 0.4) is 0 Å². The molecule has 2 rings (SSSR count). The van der Waals surface area contributed by atoms with Gasteiger partial charge in [-0.05, 0) is 24.6 Å². The number of anilines is 1. The van der Waals surface area contributed by atoms with Gasteiger partial charge in [0.15, 0.2) is 0 Å². The van der Waals surface area contributed by atoms with E-state index in [0.717, 1.165) is 11.8 Å². The maximum Gasteiger partial charge on any atom is 0.411 e. The van der Waals surface area contributed by atoms with Crippen LogP contribution < -0.4 is 10.9 Å². The number of amides is 1. The zero-order valence-corrected chi connectivity index (χ0v) is 9.93. The van der Waals surface area contributed by atoms with Gasteiger partial charge in [-0.3, -0.25) is 5.32 Å². The largest absolute Gasteiger partial charge is 0.449 e. The Hall–Kier alpha value is -2.30. The third kappa shape index (κ3) is 2.88. The van der Waals surface area contributed by atoms with E-state index in [9.17, 15) is 9.59 Å². The third-order valence-corrected chi connectivity index (χ3v) is 2.31. The van der Waals surface area contributed by atoms with Gasteiger partial charge >= 0.3 is 11.7 Å². The zero-order valence-electron chi connectivity index (χ0n) is 9.93. The van der Waals surface area contributed by atoms with E-state index in [0.29, 0.717) is 17.9 Å². The highest BCUT2D eigenvalue weighted by Gasteiger charge is 2.04. The average Bonchev–Trinajstić information content (AvgIpc) is 2.36. The molecular formula is C13H13NO4. The quantitative estimate of drug-likeness (QED) is 0.847. The molecule has 0 aliphatic heterocycles. The Morgan fingerprint density at radius 2 is 2.11 bits per heavy atom. The number of benzene rings is 1. The van der Waals surface area contributed by atoms with E-state index >= 15 is 0 Å². The smallest absolute Gasteiger partial charge is 0.411 e. The lowest BCUT2D eigenvalue weighted by Crippen LogP contribution is -2.13. The summed E-state index contributed by atoms with van der Waals surface area (Å²) in [5, 5.41) is 3.36. The minimum atomic E-state index is -0.519. The maximum absolute atomic E-state index is 11.3. The first-order valence-corrected chi connectivity index (χ1v) is 5.67. The van der Waals surface area contributed by atoms with Crippen molar-refractivity contribution in [3.63, 3.8) is 0 Å². The van der Waals surface area contributed by atoms with Crippen molar-refractivity contribution in [2.75, 3.05) is 11.9 Å². The summed E-state index contributed by atoms with van der Waals surface area (Å²) in [5.74, 6) is 0. The Labute approximate surface area is 103 Å². The van der Waals surface area contributed by atoms with Crippen LogP contribution in [0.5, 0.6) is 0 Å². The SMILES string of the molecule is CCCOC(=O)Nc1ccc2ccc(=O)oc2c1. The van der Waals surface area contributed by atoms with Gasteiger partial charge in [0, 0.05) is 23.2 Å². The van der Waals surface area contributed by atoms with Crippen LogP contribution in [0.15, 0.2) is 39.5 Å². The Morgan fingerprint density at radius 3 is 2.89 bits per heavy atom. The van der Waals surface area contributed by atoms with Crippen LogP contribution in [-0.4, -0.2) is 12.7 Å². The Bertz CT molecular complexity index is 618. The molecule has 1 heterocycles. The molecule has 0 radical (unpaired) electrons. The number of rotatable bonds is 3. The second kappa shape index (κ2) is 5.35. The first kappa shape index (κ1) is 12.2. The minimum Gasteiger partial charge on any atom is -0.449 e. The Kier molecular flexibility index (Phi) is 3.62. The molecule has 0 saturated carbocycles. The van der Waals surface area contributed by atoms with Gasteiger partial charge in [-0.2, -0.15) is 0 Å². The lowest BCUT2D eigenvalue weighted by Gasteiger charge is -2.06. The molecule has 0 aliphatic rings. The van der Waals surface area contributed by atoms with Crippen LogP contribution in [0.25, 0.3) is 11.0 Å². The number of hydrogen-bond acceptors (Lipinski definition) is 4. The molecule has 0 spiro atoms. The van der Waals surface area contributed by atoms with Crippen molar-refractivity contribution in [1.82, 2.24) is 0 Å². The van der Waals surface area contributed by atoms with E-state index in [1.165, 1.54) is 6.07 Å². The molecule has 1 N–H and O–H groups in total. The van der Waals surface area contributed by atoms with Gasteiger partial charge in [-0.1, -0.05) is 6.92 Å². The monoisotopic (exact) mass is 247 g/mol. The lowest BCUT2D eigenvalue weighted by molar-refractivity contribution is 0.161. The fourth-order valence-corrected chi connectivity index (χ4v) is 1.49. The molecule has 0 saturated heterocycles. The Morgan fingerprint density at radius 1 is 1.33 bits per heavy atom. The van der Waals surface area contributed by atoms with Crippen LogP contribution >= 0.6 is 0 Å². The molecule has 0 bridgehead atoms. The van der Waals surface area contributed by atoms with Gasteiger partial charge in [-0.15, -0.1) is 0 Å². The Balaban J connectivity index is 2.19. The molecule has 2 aromatic rings. The maximum atomic E-state index is 11.3. The van der Waals surface area contributed by atoms with Crippen LogP contribution in [0.4, 0.5) is 10.5 Å². The summed E-state index contributed by atoms with van der Waals surface area (Å²) in [7, 11) is 0. The highest BCUT2D eigenvalue weighted by atomic mass is 16.5. The predicted octanol–water partition coefficient (Wildman–Crippen LogP) is 2.75. The van der Waals surface area contributed by atoms with E-state index in [1.54, 1.807) is 24.3 Å². The molecule has 94 valence electrons. The molecule has 5 heteroatoms. The van der Waals surface area contributed by atoms with Crippen LogP contribution in [-0.2, 0) is 4.74 Å². The van der Waals surface area contributed by atoms with Gasteiger partial charge in [-0.25, -0.2) is 9.59 Å². The molecule has 1 amide bonds. The summed E-state index contributed by atoms with van der Waals surface area (Å²) in [4.78, 5) is 22.4. The molecule has 5 nitrogen and oxygen atoms in total. The summed E-state index contributed by atoms with van der Waals surface area (Å²) in [6, 6.07) is 8.08. The van der Waals surface area contributed by atoms with E-state index in [2.05, 4.69) is 5.32 Å². The van der Waals surface area contributed by atoms with E-state index in [1.807, 2.05) is 6.92 Å². The summed E-state index contributed by atoms with van der Waals surface area (Å²) < 4.78 is 9.91. The molecule has 18 heavy (non-hydrogen) atoms. The minimum absolute atomic E-state index is 0.370. The van der Waals surface area contributed by atoms with Crippen LogP contribution in [0.1, 0.15) is 13.3 Å². The zero-order chi connectivity index (χ0) is 13.0. The number of nitrogens with one attached hydrogen (secondary N) is 1. The fraction of sp³-hybridized carbons (Fsp3) is 0.231. The highest BCUT2D eigenvalue weighted by Crippen LogP contribution is 2.17. The van der Waals surface area contributed by atoms with Crippen molar-refractivity contribution >= 4 is 22.7 Å².